The number of aromatic nitrogens is 3. The fourth-order valence-corrected chi connectivity index (χ4v) is 7.42. The van der Waals surface area contributed by atoms with Gasteiger partial charge in [-0.1, -0.05) is 176 Å². The Balaban J connectivity index is 1.17. The van der Waals surface area contributed by atoms with Gasteiger partial charge in [-0.2, -0.15) is 0 Å². The molecule has 10 rings (SSSR count). The van der Waals surface area contributed by atoms with Crippen LogP contribution in [0.2, 0.25) is 0 Å². The molecule has 10 aromatic rings. The first-order valence-corrected chi connectivity index (χ1v) is 18.4. The predicted octanol–water partition coefficient (Wildman–Crippen LogP) is 13.4. The third-order valence-electron chi connectivity index (χ3n) is 10.1. The van der Waals surface area contributed by atoms with E-state index in [-0.39, 0.29) is 0 Å². The van der Waals surface area contributed by atoms with Crippen LogP contribution in [-0.4, -0.2) is 15.0 Å². The van der Waals surface area contributed by atoms with Gasteiger partial charge in [0.25, 0.3) is 0 Å². The van der Waals surface area contributed by atoms with Crippen LogP contribution >= 0.6 is 0 Å². The molecule has 0 radical (unpaired) electrons. The number of fused-ring (bicyclic) bond motifs is 3. The second-order valence-corrected chi connectivity index (χ2v) is 13.6. The largest absolute Gasteiger partial charge is 0.455 e. The van der Waals surface area contributed by atoms with Crippen LogP contribution < -0.4 is 0 Å². The first-order valence-electron chi connectivity index (χ1n) is 18.4. The summed E-state index contributed by atoms with van der Waals surface area (Å²) in [6.07, 6.45) is 0. The standard InChI is InChI=1S/C51H33N3O/c1-5-16-34(17-6-1)35-28-30-36(31-29-35)44-33-45(54-51(53-44)39-22-11-4-12-23-39)40-24-15-25-41(32-40)48-47-46(37-18-7-2-8-19-37)49(38-20-9-3-10-21-38)55-50(47)42-26-13-14-27-43(42)52-48/h1-33H. The van der Waals surface area contributed by atoms with Crippen LogP contribution in [0.15, 0.2) is 205 Å². The van der Waals surface area contributed by atoms with E-state index in [4.69, 9.17) is 19.4 Å². The molecule has 0 spiro atoms. The highest BCUT2D eigenvalue weighted by atomic mass is 16.3. The van der Waals surface area contributed by atoms with Gasteiger partial charge in [-0.05, 0) is 41.0 Å². The quantitative estimate of drug-likeness (QED) is 0.166. The van der Waals surface area contributed by atoms with Crippen molar-refractivity contribution in [3.63, 3.8) is 0 Å². The molecule has 55 heavy (non-hydrogen) atoms. The van der Waals surface area contributed by atoms with E-state index in [0.29, 0.717) is 5.82 Å². The molecule has 0 aliphatic rings. The van der Waals surface area contributed by atoms with E-state index in [2.05, 4.69) is 152 Å². The number of pyridine rings is 1. The van der Waals surface area contributed by atoms with Crippen LogP contribution in [0.3, 0.4) is 0 Å². The Hall–Kier alpha value is -7.43. The van der Waals surface area contributed by atoms with Crippen molar-refractivity contribution >= 4 is 21.9 Å². The second kappa shape index (κ2) is 13.8. The summed E-state index contributed by atoms with van der Waals surface area (Å²) in [5.74, 6) is 1.49. The predicted molar refractivity (Wildman–Crippen MR) is 225 cm³/mol. The summed E-state index contributed by atoms with van der Waals surface area (Å²) in [6.45, 7) is 0. The van der Waals surface area contributed by atoms with Crippen molar-refractivity contribution in [2.75, 3.05) is 0 Å². The topological polar surface area (TPSA) is 51.8 Å². The lowest BCUT2D eigenvalue weighted by Crippen LogP contribution is -1.96. The molecule has 0 unspecified atom stereocenters. The summed E-state index contributed by atoms with van der Waals surface area (Å²) in [5, 5.41) is 1.95. The number of rotatable bonds is 7. The van der Waals surface area contributed by atoms with E-state index < -0.39 is 0 Å². The Labute approximate surface area is 319 Å². The molecule has 7 aromatic carbocycles. The zero-order valence-electron chi connectivity index (χ0n) is 29.8. The third-order valence-corrected chi connectivity index (χ3v) is 10.1. The monoisotopic (exact) mass is 703 g/mol. The molecule has 0 bridgehead atoms. The van der Waals surface area contributed by atoms with Crippen LogP contribution in [0, 0.1) is 0 Å². The Kier molecular flexibility index (Phi) is 8.12. The minimum absolute atomic E-state index is 0.672. The SMILES string of the molecule is c1ccc(-c2ccc(-c3cc(-c4cccc(-c5nc6ccccc6c6oc(-c7ccccc7)c(-c7ccccc7)c56)c4)nc(-c4ccccc4)n3)cc2)cc1. The van der Waals surface area contributed by atoms with Gasteiger partial charge in [0.15, 0.2) is 5.82 Å². The Bertz CT molecular complexity index is 2940. The molecule has 0 aliphatic carbocycles. The molecule has 0 saturated carbocycles. The number of hydrogen-bond donors (Lipinski definition) is 0. The minimum Gasteiger partial charge on any atom is -0.455 e. The van der Waals surface area contributed by atoms with Crippen LogP contribution in [0.25, 0.3) is 101 Å². The van der Waals surface area contributed by atoms with Crippen LogP contribution in [0.5, 0.6) is 0 Å². The Morgan fingerprint density at radius 1 is 0.345 bits per heavy atom. The minimum atomic E-state index is 0.672. The molecular weight excluding hydrogens is 671 g/mol. The number of furan rings is 1. The summed E-state index contributed by atoms with van der Waals surface area (Å²) in [7, 11) is 0. The molecule has 258 valence electrons. The Morgan fingerprint density at radius 3 is 1.55 bits per heavy atom. The van der Waals surface area contributed by atoms with Crippen LogP contribution in [0.1, 0.15) is 0 Å². The molecule has 0 fully saturated rings. The average molecular weight is 704 g/mol. The highest BCUT2D eigenvalue weighted by Crippen LogP contribution is 2.47. The highest BCUT2D eigenvalue weighted by molar-refractivity contribution is 6.16. The summed E-state index contributed by atoms with van der Waals surface area (Å²) < 4.78 is 6.94. The van der Waals surface area contributed by atoms with Gasteiger partial charge in [-0.15, -0.1) is 0 Å². The maximum atomic E-state index is 6.94. The third kappa shape index (κ3) is 6.06. The number of para-hydroxylation sites is 1. The van der Waals surface area contributed by atoms with Gasteiger partial charge < -0.3 is 4.42 Å². The van der Waals surface area contributed by atoms with Gasteiger partial charge in [-0.25, -0.2) is 15.0 Å². The van der Waals surface area contributed by atoms with Crippen molar-refractivity contribution in [2.45, 2.75) is 0 Å². The summed E-state index contributed by atoms with van der Waals surface area (Å²) in [6, 6.07) is 68.9. The van der Waals surface area contributed by atoms with E-state index in [1.807, 2.05) is 48.5 Å². The molecule has 0 N–H and O–H groups in total. The number of nitrogens with zero attached hydrogens (tertiary/aromatic N) is 3. The van der Waals surface area contributed by atoms with Gasteiger partial charge in [-0.3, -0.25) is 0 Å². The first kappa shape index (κ1) is 32.2. The lowest BCUT2D eigenvalue weighted by Gasteiger charge is -2.12. The molecule has 0 saturated heterocycles. The molecule has 4 nitrogen and oxygen atoms in total. The second-order valence-electron chi connectivity index (χ2n) is 13.6. The summed E-state index contributed by atoms with van der Waals surface area (Å²) >= 11 is 0. The molecule has 0 atom stereocenters. The smallest absolute Gasteiger partial charge is 0.160 e. The molecule has 4 heteroatoms. The van der Waals surface area contributed by atoms with E-state index in [9.17, 15) is 0 Å². The van der Waals surface area contributed by atoms with Crippen molar-refractivity contribution < 1.29 is 4.42 Å². The van der Waals surface area contributed by atoms with Crippen molar-refractivity contribution in [3.05, 3.63) is 200 Å². The lowest BCUT2D eigenvalue weighted by atomic mass is 9.94. The van der Waals surface area contributed by atoms with Gasteiger partial charge in [0, 0.05) is 38.8 Å². The van der Waals surface area contributed by atoms with Crippen LogP contribution in [0.4, 0.5) is 0 Å². The summed E-state index contributed by atoms with van der Waals surface area (Å²) in [4.78, 5) is 15.6. The zero-order valence-corrected chi connectivity index (χ0v) is 29.8. The molecule has 0 aliphatic heterocycles. The van der Waals surface area contributed by atoms with E-state index in [0.717, 1.165) is 89.2 Å². The number of hydrogen-bond acceptors (Lipinski definition) is 4. The molecule has 3 heterocycles. The number of benzene rings is 7. The van der Waals surface area contributed by atoms with Gasteiger partial charge in [0.2, 0.25) is 0 Å². The molecule has 3 aromatic heterocycles. The van der Waals surface area contributed by atoms with Gasteiger partial charge >= 0.3 is 0 Å². The maximum Gasteiger partial charge on any atom is 0.160 e. The van der Waals surface area contributed by atoms with Crippen molar-refractivity contribution in [1.29, 1.82) is 0 Å². The van der Waals surface area contributed by atoms with Crippen molar-refractivity contribution in [3.8, 4) is 78.7 Å². The normalized spacial score (nSPS) is 11.3. The van der Waals surface area contributed by atoms with Gasteiger partial charge in [0.1, 0.15) is 11.3 Å². The van der Waals surface area contributed by atoms with Crippen molar-refractivity contribution in [1.82, 2.24) is 15.0 Å². The average Bonchev–Trinajstić information content (AvgIpc) is 3.69. The maximum absolute atomic E-state index is 6.94. The zero-order chi connectivity index (χ0) is 36.6. The first-order chi connectivity index (χ1) is 27.3. The highest BCUT2D eigenvalue weighted by Gasteiger charge is 2.24. The fraction of sp³-hybridized carbons (Fsp3) is 0. The van der Waals surface area contributed by atoms with E-state index in [1.165, 1.54) is 5.56 Å². The Morgan fingerprint density at radius 2 is 0.855 bits per heavy atom. The van der Waals surface area contributed by atoms with Crippen LogP contribution in [-0.2, 0) is 0 Å². The summed E-state index contributed by atoms with van der Waals surface area (Å²) in [5.41, 5.74) is 13.6. The van der Waals surface area contributed by atoms with E-state index in [1.54, 1.807) is 0 Å². The molecule has 0 amide bonds. The fourth-order valence-electron chi connectivity index (χ4n) is 7.42. The van der Waals surface area contributed by atoms with Crippen molar-refractivity contribution in [2.24, 2.45) is 0 Å². The van der Waals surface area contributed by atoms with E-state index >= 15 is 0 Å². The molecular formula is C51H33N3O. The lowest BCUT2D eigenvalue weighted by molar-refractivity contribution is 0.636. The van der Waals surface area contributed by atoms with Gasteiger partial charge in [0.05, 0.1) is 28.0 Å².